The third kappa shape index (κ3) is 11.0. The normalized spacial score (nSPS) is 25.4. The maximum atomic E-state index is 13.0. The second-order valence-corrected chi connectivity index (χ2v) is 29.7. The number of fused-ring (bicyclic) bond motifs is 18. The highest BCUT2D eigenvalue weighted by molar-refractivity contribution is 5.61. The first kappa shape index (κ1) is 59.9. The van der Waals surface area contributed by atoms with Crippen molar-refractivity contribution in [3.63, 3.8) is 0 Å². The van der Waals surface area contributed by atoms with Crippen LogP contribution in [0.25, 0.3) is 0 Å². The van der Waals surface area contributed by atoms with Crippen LogP contribution < -0.4 is 29.1 Å². The van der Waals surface area contributed by atoms with Crippen molar-refractivity contribution in [3.8, 4) is 23.0 Å². The molecule has 4 fully saturated rings. The number of benzene rings is 8. The van der Waals surface area contributed by atoms with Crippen LogP contribution in [-0.4, -0.2) is 36.5 Å². The number of phenolic OH excluding ortho intramolecular Hbond substituents is 2. The number of hydrogen-bond donors (Lipinski definition) is 2. The van der Waals surface area contributed by atoms with Crippen molar-refractivity contribution in [1.82, 2.24) is 0 Å². The third-order valence-corrected chi connectivity index (χ3v) is 23.4. The zero-order chi connectivity index (χ0) is 63.2. The Kier molecular flexibility index (Phi) is 15.6. The number of phenols is 2. The van der Waals surface area contributed by atoms with Crippen molar-refractivity contribution in [1.29, 1.82) is 0 Å². The van der Waals surface area contributed by atoms with Gasteiger partial charge in [0, 0.05) is 132 Å². The van der Waals surface area contributed by atoms with Crippen molar-refractivity contribution in [2.45, 2.75) is 142 Å². The lowest BCUT2D eigenvalue weighted by Crippen LogP contribution is -2.31. The Morgan fingerprint density at radius 2 is 0.804 bits per heavy atom. The Morgan fingerprint density at radius 1 is 0.424 bits per heavy atom. The van der Waals surface area contributed by atoms with Crippen LogP contribution in [0.1, 0.15) is 133 Å². The summed E-state index contributed by atoms with van der Waals surface area (Å²) in [6, 6.07) is 61.7. The molecule has 8 aromatic rings. The first-order valence-electron chi connectivity index (χ1n) is 34.3. The van der Waals surface area contributed by atoms with Gasteiger partial charge in [-0.25, -0.2) is 0 Å². The molecule has 12 bridgehead atoms. The number of aryl methyl sites for hydroxylation is 2. The summed E-state index contributed by atoms with van der Waals surface area (Å²) in [5.74, 6) is 7.41. The topological polar surface area (TPSA) is 71.9 Å². The molecule has 0 spiro atoms. The van der Waals surface area contributed by atoms with Gasteiger partial charge >= 0.3 is 0 Å². The van der Waals surface area contributed by atoms with Crippen molar-refractivity contribution < 1.29 is 19.7 Å². The van der Waals surface area contributed by atoms with E-state index in [1.807, 2.05) is 6.92 Å². The summed E-state index contributed by atoms with van der Waals surface area (Å²) in [5, 5.41) is 25.4. The molecule has 8 aromatic carbocycles. The monoisotopic (exact) mass is 1220 g/mol. The number of hydrogen-bond acceptors (Lipinski definition) is 8. The van der Waals surface area contributed by atoms with Gasteiger partial charge in [0.1, 0.15) is 35.2 Å². The fourth-order valence-corrected chi connectivity index (χ4v) is 18.2. The van der Waals surface area contributed by atoms with Gasteiger partial charge in [0.15, 0.2) is 0 Å². The lowest BCUT2D eigenvalue weighted by Gasteiger charge is -2.35. The van der Waals surface area contributed by atoms with E-state index in [0.29, 0.717) is 92.4 Å². The van der Waals surface area contributed by atoms with Gasteiger partial charge in [-0.15, -0.1) is 0 Å². The van der Waals surface area contributed by atoms with Gasteiger partial charge < -0.3 is 39.3 Å². The number of nitrogens with zero attached hydrogens (tertiary/aromatic N) is 4. The highest BCUT2D eigenvalue weighted by Crippen LogP contribution is 2.58. The zero-order valence-electron chi connectivity index (χ0n) is 55.2. The van der Waals surface area contributed by atoms with Crippen molar-refractivity contribution >= 4 is 22.7 Å². The van der Waals surface area contributed by atoms with Gasteiger partial charge in [-0.1, -0.05) is 137 Å². The molecule has 0 radical (unpaired) electrons. The number of rotatable bonds is 12. The molecule has 1 heterocycles. The van der Waals surface area contributed by atoms with E-state index in [1.165, 1.54) is 53.5 Å². The molecule has 10 atom stereocenters. The molecule has 10 unspecified atom stereocenters. The van der Waals surface area contributed by atoms with Crippen LogP contribution in [0, 0.1) is 61.2 Å². The summed E-state index contributed by atoms with van der Waals surface area (Å²) in [4.78, 5) is 9.55. The minimum Gasteiger partial charge on any atom is -0.507 e. The first-order valence-corrected chi connectivity index (χ1v) is 34.3. The SMILES string of the molecule is Cc1cc2cc(c1O)CN(c1ccccc1)Cc1cc(cc(CN(C)c3ccccc3)c1O)C(C)(C)c1cc(CN(C)c3ccccc3)c(OC3CCC4C5C=CC(C5)C34)c(c1)CN(c1ccccc1)Cc1cc(cc(C)c1OC1CCC3C4C=CC(C4)C13)C2(C)C. The van der Waals surface area contributed by atoms with E-state index in [0.717, 1.165) is 86.0 Å². The molecule has 1 aliphatic heterocycles. The largest absolute Gasteiger partial charge is 0.507 e. The van der Waals surface area contributed by atoms with E-state index in [1.54, 1.807) is 0 Å². The number of aromatic hydroxyl groups is 2. The predicted molar refractivity (Wildman–Crippen MR) is 375 cm³/mol. The van der Waals surface area contributed by atoms with Crippen molar-refractivity contribution in [2.24, 2.45) is 47.3 Å². The van der Waals surface area contributed by atoms with Gasteiger partial charge in [0.2, 0.25) is 0 Å². The molecular weight excluding hydrogens is 1130 g/mol. The quantitative estimate of drug-likeness (QED) is 0.117. The van der Waals surface area contributed by atoms with Gasteiger partial charge in [-0.3, -0.25) is 0 Å². The van der Waals surface area contributed by atoms with Crippen molar-refractivity contribution in [3.05, 3.63) is 261 Å². The van der Waals surface area contributed by atoms with E-state index in [-0.39, 0.29) is 18.0 Å². The molecule has 0 saturated heterocycles. The van der Waals surface area contributed by atoms with Crippen LogP contribution in [0.4, 0.5) is 22.7 Å². The molecule has 472 valence electrons. The minimum absolute atomic E-state index is 0.0972. The van der Waals surface area contributed by atoms with Gasteiger partial charge in [0.05, 0.1) is 0 Å². The second-order valence-electron chi connectivity index (χ2n) is 29.7. The number of ether oxygens (including phenoxy) is 2. The van der Waals surface area contributed by atoms with Crippen LogP contribution >= 0.6 is 0 Å². The lowest BCUT2D eigenvalue weighted by molar-refractivity contribution is 0.129. The molecule has 2 N–H and O–H groups in total. The Labute approximate surface area is 546 Å². The van der Waals surface area contributed by atoms with Crippen molar-refractivity contribution in [2.75, 3.05) is 33.7 Å². The highest BCUT2D eigenvalue weighted by atomic mass is 16.5. The molecule has 4 saturated carbocycles. The smallest absolute Gasteiger partial charge is 0.129 e. The fraction of sp³-hybridized carbons (Fsp3) is 0.381. The molecule has 8 heteroatoms. The standard InChI is InChI=1S/C84H92N4O4/c1-53-37-65-42-60(79(53)89)49-87(71-25-17-11-18-26-71)50-61-43-67(41-59(80(61)90)47-85(7)69-21-13-9-14-22-69)84(5,6)68-44-62(48-86(8)70-23-15-10-16-24-70)82(92-76-36-34-74-56-30-32-58(40-56)78(74)76)64(46-68)52-88(72-27-19-12-20-28-72)51-63-45-66(83(65,3)4)38-54(2)81(63)91-75-35-33-73-55-29-31-57(39-55)77(73)75/h9-32,37-38,41-46,55-58,73-78,89-90H,33-36,39-40,47-52H2,1-8H3. The minimum atomic E-state index is -0.602. The Morgan fingerprint density at radius 3 is 1.30 bits per heavy atom. The molecule has 7 aliphatic rings. The zero-order valence-corrected chi connectivity index (χ0v) is 55.2. The highest BCUT2D eigenvalue weighted by Gasteiger charge is 2.54. The third-order valence-electron chi connectivity index (χ3n) is 23.4. The first-order chi connectivity index (χ1) is 44.5. The second kappa shape index (κ2) is 24.0. The Balaban J connectivity index is 0.959. The van der Waals surface area contributed by atoms with E-state index in [4.69, 9.17) is 9.47 Å². The van der Waals surface area contributed by atoms with Crippen LogP contribution in [0.15, 0.2) is 194 Å². The molecule has 0 amide bonds. The Bertz CT molecular complexity index is 4090. The van der Waals surface area contributed by atoms with Crippen LogP contribution in [0.5, 0.6) is 23.0 Å². The number of anilines is 4. The summed E-state index contributed by atoms with van der Waals surface area (Å²) < 4.78 is 15.7. The fourth-order valence-electron chi connectivity index (χ4n) is 18.2. The summed E-state index contributed by atoms with van der Waals surface area (Å²) in [5.41, 5.74) is 15.9. The molecule has 6 aliphatic carbocycles. The van der Waals surface area contributed by atoms with Crippen LogP contribution in [0.2, 0.25) is 0 Å². The van der Waals surface area contributed by atoms with E-state index in [2.05, 4.69) is 262 Å². The molecule has 15 rings (SSSR count). The summed E-state index contributed by atoms with van der Waals surface area (Å²) >= 11 is 0. The molecule has 92 heavy (non-hydrogen) atoms. The summed E-state index contributed by atoms with van der Waals surface area (Å²) in [7, 11) is 4.34. The van der Waals surface area contributed by atoms with Gasteiger partial charge in [-0.2, -0.15) is 0 Å². The van der Waals surface area contributed by atoms with E-state index < -0.39 is 10.8 Å². The van der Waals surface area contributed by atoms with E-state index >= 15 is 0 Å². The molecule has 8 nitrogen and oxygen atoms in total. The average molecular weight is 1220 g/mol. The van der Waals surface area contributed by atoms with Crippen LogP contribution in [-0.2, 0) is 50.1 Å². The summed E-state index contributed by atoms with van der Waals surface area (Å²) in [6.45, 7) is 16.9. The molecular formula is C84H92N4O4. The van der Waals surface area contributed by atoms with Gasteiger partial charge in [-0.05, 0) is 206 Å². The van der Waals surface area contributed by atoms with Crippen LogP contribution in [0.3, 0.4) is 0 Å². The number of para-hydroxylation sites is 4. The average Bonchev–Trinajstić information content (AvgIpc) is 1.44. The van der Waals surface area contributed by atoms with Gasteiger partial charge in [0.25, 0.3) is 0 Å². The lowest BCUT2D eigenvalue weighted by atomic mass is 9.75. The maximum Gasteiger partial charge on any atom is 0.129 e. The number of allylic oxidation sites excluding steroid dienone is 4. The maximum absolute atomic E-state index is 13.0. The molecule has 0 aromatic heterocycles. The van der Waals surface area contributed by atoms with E-state index in [9.17, 15) is 10.2 Å². The Hall–Kier alpha value is -8.36. The summed E-state index contributed by atoms with van der Waals surface area (Å²) in [6.07, 6.45) is 17.3. The predicted octanol–water partition coefficient (Wildman–Crippen LogP) is 18.3.